The summed E-state index contributed by atoms with van der Waals surface area (Å²) in [6.07, 6.45) is 4.14. The SMILES string of the molecule is CCC(CC)n1nc(C)cc1C(=O)NC1CCC2CC21C(=O)O. The van der Waals surface area contributed by atoms with Crippen molar-refractivity contribution in [2.24, 2.45) is 11.3 Å². The van der Waals surface area contributed by atoms with Crippen LogP contribution in [-0.4, -0.2) is 32.8 Å². The topological polar surface area (TPSA) is 84.2 Å². The summed E-state index contributed by atoms with van der Waals surface area (Å²) in [5.74, 6) is -0.735. The quantitative estimate of drug-likeness (QED) is 0.844. The molecule has 1 heterocycles. The van der Waals surface area contributed by atoms with Crippen LogP contribution in [0, 0.1) is 18.3 Å². The number of rotatable bonds is 6. The second kappa shape index (κ2) is 5.65. The molecule has 0 saturated heterocycles. The van der Waals surface area contributed by atoms with Gasteiger partial charge >= 0.3 is 5.97 Å². The molecule has 2 N–H and O–H groups in total. The summed E-state index contributed by atoms with van der Waals surface area (Å²) in [6.45, 7) is 6.04. The Hall–Kier alpha value is -1.85. The van der Waals surface area contributed by atoms with Gasteiger partial charge in [0, 0.05) is 6.04 Å². The molecular weight excluding hydrogens is 294 g/mol. The second-order valence-electron chi connectivity index (χ2n) is 6.94. The van der Waals surface area contributed by atoms with E-state index in [2.05, 4.69) is 24.3 Å². The molecule has 23 heavy (non-hydrogen) atoms. The number of aliphatic carboxylic acids is 1. The summed E-state index contributed by atoms with van der Waals surface area (Å²) >= 11 is 0. The van der Waals surface area contributed by atoms with E-state index in [-0.39, 0.29) is 23.9 Å². The van der Waals surface area contributed by atoms with Crippen LogP contribution in [0.2, 0.25) is 0 Å². The molecule has 3 rings (SSSR count). The van der Waals surface area contributed by atoms with Gasteiger partial charge in [0.1, 0.15) is 5.69 Å². The van der Waals surface area contributed by atoms with E-state index in [4.69, 9.17) is 0 Å². The van der Waals surface area contributed by atoms with Crippen molar-refractivity contribution in [3.63, 3.8) is 0 Å². The second-order valence-corrected chi connectivity index (χ2v) is 6.94. The smallest absolute Gasteiger partial charge is 0.312 e. The summed E-state index contributed by atoms with van der Waals surface area (Å²) < 4.78 is 1.80. The first-order chi connectivity index (χ1) is 10.9. The first-order valence-electron chi connectivity index (χ1n) is 8.54. The number of carboxylic acids is 1. The van der Waals surface area contributed by atoms with Crippen molar-refractivity contribution in [2.45, 2.75) is 65.0 Å². The lowest BCUT2D eigenvalue weighted by Crippen LogP contribution is -2.44. The molecule has 3 unspecified atom stereocenters. The summed E-state index contributed by atoms with van der Waals surface area (Å²) in [7, 11) is 0. The van der Waals surface area contributed by atoms with Gasteiger partial charge in [0.05, 0.1) is 17.2 Å². The van der Waals surface area contributed by atoms with E-state index < -0.39 is 11.4 Å². The number of carboxylic acid groups (broad SMARTS) is 1. The van der Waals surface area contributed by atoms with Crippen LogP contribution in [0.25, 0.3) is 0 Å². The maximum absolute atomic E-state index is 12.7. The van der Waals surface area contributed by atoms with Crippen molar-refractivity contribution in [1.82, 2.24) is 15.1 Å². The lowest BCUT2D eigenvalue weighted by molar-refractivity contribution is -0.144. The minimum atomic E-state index is -0.769. The summed E-state index contributed by atoms with van der Waals surface area (Å²) in [4.78, 5) is 24.3. The molecule has 0 aromatic carbocycles. The fraction of sp³-hybridized carbons (Fsp3) is 0.706. The number of fused-ring (bicyclic) bond motifs is 1. The predicted molar refractivity (Wildman–Crippen MR) is 85.2 cm³/mol. The van der Waals surface area contributed by atoms with Crippen molar-refractivity contribution in [2.75, 3.05) is 0 Å². The Morgan fingerprint density at radius 2 is 2.13 bits per heavy atom. The molecule has 2 aliphatic rings. The highest BCUT2D eigenvalue weighted by Gasteiger charge is 2.68. The number of aryl methyl sites for hydroxylation is 1. The number of aromatic nitrogens is 2. The van der Waals surface area contributed by atoms with Crippen molar-refractivity contribution in [3.8, 4) is 0 Å². The lowest BCUT2D eigenvalue weighted by Gasteiger charge is -2.22. The summed E-state index contributed by atoms with van der Waals surface area (Å²) in [5, 5.41) is 17.0. The zero-order valence-electron chi connectivity index (χ0n) is 14.0. The first-order valence-corrected chi connectivity index (χ1v) is 8.54. The average Bonchev–Trinajstić information content (AvgIpc) is 2.98. The third-order valence-corrected chi connectivity index (χ3v) is 5.66. The fourth-order valence-corrected chi connectivity index (χ4v) is 4.20. The highest BCUT2D eigenvalue weighted by molar-refractivity contribution is 5.94. The van der Waals surface area contributed by atoms with Crippen LogP contribution in [-0.2, 0) is 4.79 Å². The molecule has 2 fully saturated rings. The number of nitrogens with one attached hydrogen (secondary N) is 1. The van der Waals surface area contributed by atoms with E-state index >= 15 is 0 Å². The van der Waals surface area contributed by atoms with Crippen LogP contribution in [0.1, 0.15) is 68.2 Å². The molecule has 6 heteroatoms. The van der Waals surface area contributed by atoms with E-state index in [1.54, 1.807) is 10.7 Å². The van der Waals surface area contributed by atoms with Gasteiger partial charge in [-0.3, -0.25) is 14.3 Å². The Bertz CT molecular complexity index is 635. The molecule has 1 amide bonds. The Labute approximate surface area is 136 Å². The van der Waals surface area contributed by atoms with Crippen LogP contribution in [0.3, 0.4) is 0 Å². The number of nitrogens with zero attached hydrogens (tertiary/aromatic N) is 2. The van der Waals surface area contributed by atoms with Gasteiger partial charge in [-0.25, -0.2) is 0 Å². The highest BCUT2D eigenvalue weighted by atomic mass is 16.4. The molecule has 126 valence electrons. The fourth-order valence-electron chi connectivity index (χ4n) is 4.20. The van der Waals surface area contributed by atoms with Gasteiger partial charge in [0.25, 0.3) is 5.91 Å². The molecular formula is C17H25N3O3. The molecule has 1 aromatic heterocycles. The molecule has 6 nitrogen and oxygen atoms in total. The lowest BCUT2D eigenvalue weighted by atomic mass is 9.98. The number of amides is 1. The van der Waals surface area contributed by atoms with Gasteiger partial charge in [-0.15, -0.1) is 0 Å². The van der Waals surface area contributed by atoms with E-state index in [0.717, 1.165) is 31.4 Å². The molecule has 0 spiro atoms. The summed E-state index contributed by atoms with van der Waals surface area (Å²) in [6, 6.07) is 1.72. The monoisotopic (exact) mass is 319 g/mol. The van der Waals surface area contributed by atoms with E-state index in [0.29, 0.717) is 12.1 Å². The zero-order chi connectivity index (χ0) is 16.8. The largest absolute Gasteiger partial charge is 0.481 e. The number of hydrogen-bond acceptors (Lipinski definition) is 3. The summed E-state index contributed by atoms with van der Waals surface area (Å²) in [5.41, 5.74) is 0.636. The van der Waals surface area contributed by atoms with E-state index in [1.165, 1.54) is 0 Å². The number of carbonyl (C=O) groups is 2. The molecule has 2 saturated carbocycles. The van der Waals surface area contributed by atoms with Crippen LogP contribution in [0.5, 0.6) is 0 Å². The Kier molecular flexibility index (Phi) is 3.94. The molecule has 0 aliphatic heterocycles. The van der Waals surface area contributed by atoms with Crippen molar-refractivity contribution in [3.05, 3.63) is 17.5 Å². The number of hydrogen-bond donors (Lipinski definition) is 2. The van der Waals surface area contributed by atoms with Gasteiger partial charge in [-0.1, -0.05) is 13.8 Å². The van der Waals surface area contributed by atoms with Gasteiger partial charge in [-0.2, -0.15) is 5.10 Å². The normalized spacial score (nSPS) is 28.7. The van der Waals surface area contributed by atoms with Crippen molar-refractivity contribution >= 4 is 11.9 Å². The number of carbonyl (C=O) groups excluding carboxylic acids is 1. The Balaban J connectivity index is 1.81. The van der Waals surface area contributed by atoms with E-state index in [1.807, 2.05) is 6.92 Å². The first kappa shape index (κ1) is 16.0. The average molecular weight is 319 g/mol. The third kappa shape index (κ3) is 2.44. The maximum atomic E-state index is 12.7. The van der Waals surface area contributed by atoms with Crippen LogP contribution < -0.4 is 5.32 Å². The molecule has 0 bridgehead atoms. The van der Waals surface area contributed by atoms with Crippen LogP contribution in [0.4, 0.5) is 0 Å². The minimum absolute atomic E-state index is 0.190. The van der Waals surface area contributed by atoms with E-state index in [9.17, 15) is 14.7 Å². The molecule has 1 aromatic rings. The van der Waals surface area contributed by atoms with Gasteiger partial charge in [-0.05, 0) is 51.0 Å². The molecule has 3 atom stereocenters. The van der Waals surface area contributed by atoms with Crippen LogP contribution in [0.15, 0.2) is 6.07 Å². The van der Waals surface area contributed by atoms with Crippen LogP contribution >= 0.6 is 0 Å². The maximum Gasteiger partial charge on any atom is 0.312 e. The highest BCUT2D eigenvalue weighted by Crippen LogP contribution is 2.63. The standard InChI is InChI=1S/C17H25N3O3/c1-4-12(5-2)20-13(8-10(3)19-20)15(21)18-14-7-6-11-9-17(11,14)16(22)23/h8,11-12,14H,4-7,9H2,1-3H3,(H,18,21)(H,22,23). The van der Waals surface area contributed by atoms with Gasteiger partial charge in [0.15, 0.2) is 0 Å². The van der Waals surface area contributed by atoms with Crippen molar-refractivity contribution in [1.29, 1.82) is 0 Å². The third-order valence-electron chi connectivity index (χ3n) is 5.66. The molecule has 2 aliphatic carbocycles. The zero-order valence-corrected chi connectivity index (χ0v) is 14.0. The Morgan fingerprint density at radius 3 is 2.70 bits per heavy atom. The van der Waals surface area contributed by atoms with Gasteiger partial charge in [0.2, 0.25) is 0 Å². The minimum Gasteiger partial charge on any atom is -0.481 e. The van der Waals surface area contributed by atoms with Crippen molar-refractivity contribution < 1.29 is 14.7 Å². The van der Waals surface area contributed by atoms with Gasteiger partial charge < -0.3 is 10.4 Å². The molecule has 0 radical (unpaired) electrons. The Morgan fingerprint density at radius 1 is 1.43 bits per heavy atom. The predicted octanol–water partition coefficient (Wildman–Crippen LogP) is 2.54.